The van der Waals surface area contributed by atoms with E-state index in [1.165, 1.54) is 19.2 Å². The Hall–Kier alpha value is -2.56. The van der Waals surface area contributed by atoms with Gasteiger partial charge in [0.05, 0.1) is 24.6 Å². The molecule has 1 N–H and O–H groups in total. The largest absolute Gasteiger partial charge is 0.493 e. The van der Waals surface area contributed by atoms with Gasteiger partial charge in [-0.05, 0) is 36.2 Å². The number of hydrogen-bond donors (Lipinski definition) is 1. The topological polar surface area (TPSA) is 112 Å². The summed E-state index contributed by atoms with van der Waals surface area (Å²) in [7, 11) is -3.99. The Morgan fingerprint density at radius 2 is 1.59 bits per heavy atom. The van der Waals surface area contributed by atoms with Gasteiger partial charge < -0.3 is 14.0 Å². The molecule has 0 aliphatic rings. The summed E-state index contributed by atoms with van der Waals surface area (Å²) in [4.78, 5) is -0.187. The zero-order valence-corrected chi connectivity index (χ0v) is 18.0. The molecule has 0 unspecified atom stereocenters. The van der Waals surface area contributed by atoms with Gasteiger partial charge in [-0.1, -0.05) is 6.07 Å². The minimum absolute atomic E-state index is 0.187. The number of ether oxygens (including phenoxy) is 2. The van der Waals surface area contributed by atoms with E-state index in [4.69, 9.17) is 14.0 Å². The lowest BCUT2D eigenvalue weighted by Gasteiger charge is -2.11. The molecule has 0 aliphatic carbocycles. The van der Waals surface area contributed by atoms with E-state index >= 15 is 0 Å². The summed E-state index contributed by atoms with van der Waals surface area (Å²) < 4.78 is 68.6. The van der Waals surface area contributed by atoms with E-state index in [1.807, 2.05) is 36.9 Å². The van der Waals surface area contributed by atoms with Gasteiger partial charge in [-0.3, -0.25) is 4.55 Å². The summed E-state index contributed by atoms with van der Waals surface area (Å²) in [5, 5.41) is -0.555. The molecule has 0 bridgehead atoms. The van der Waals surface area contributed by atoms with Crippen LogP contribution >= 0.6 is 0 Å². The van der Waals surface area contributed by atoms with E-state index in [9.17, 15) is 16.8 Å². The summed E-state index contributed by atoms with van der Waals surface area (Å²) in [6, 6.07) is 7.98. The second-order valence-electron chi connectivity index (χ2n) is 6.67. The van der Waals surface area contributed by atoms with Crippen molar-refractivity contribution in [1.29, 1.82) is 0 Å². The lowest BCUT2D eigenvalue weighted by Crippen LogP contribution is -2.15. The third kappa shape index (κ3) is 4.09. The van der Waals surface area contributed by atoms with Crippen molar-refractivity contribution in [3.8, 4) is 22.6 Å². The number of sulfone groups is 1. The zero-order chi connectivity index (χ0) is 21.6. The Bertz CT molecular complexity index is 1310. The van der Waals surface area contributed by atoms with Crippen molar-refractivity contribution in [3.05, 3.63) is 42.1 Å². The van der Waals surface area contributed by atoms with Crippen LogP contribution in [0.15, 0.2) is 41.4 Å². The highest BCUT2D eigenvalue weighted by molar-refractivity contribution is 8.05. The van der Waals surface area contributed by atoms with Gasteiger partial charge in [-0.25, -0.2) is 8.42 Å². The SMILES string of the molecule is COc1cc2c(-c3cc(S(=O)(=O)CS(=O)(=O)O)ccc3C)cn(C)c2cc1OC. The predicted octanol–water partition coefficient (Wildman–Crippen LogP) is 2.79. The van der Waals surface area contributed by atoms with Gasteiger partial charge in [-0.15, -0.1) is 0 Å². The van der Waals surface area contributed by atoms with Crippen LogP contribution in [0.4, 0.5) is 0 Å². The van der Waals surface area contributed by atoms with Crippen molar-refractivity contribution in [2.24, 2.45) is 7.05 Å². The molecule has 156 valence electrons. The highest BCUT2D eigenvalue weighted by Gasteiger charge is 2.24. The molecular formula is C19H21NO7S2. The van der Waals surface area contributed by atoms with Crippen LogP contribution in [0.5, 0.6) is 11.5 Å². The van der Waals surface area contributed by atoms with Gasteiger partial charge in [0.25, 0.3) is 10.1 Å². The van der Waals surface area contributed by atoms with Crippen molar-refractivity contribution in [3.63, 3.8) is 0 Å². The smallest absolute Gasteiger partial charge is 0.279 e. The van der Waals surface area contributed by atoms with Crippen LogP contribution in [0.3, 0.4) is 0 Å². The van der Waals surface area contributed by atoms with Crippen molar-refractivity contribution in [2.75, 3.05) is 19.3 Å². The molecule has 0 fully saturated rings. The van der Waals surface area contributed by atoms with Gasteiger partial charge >= 0.3 is 0 Å². The number of aromatic nitrogens is 1. The average Bonchev–Trinajstić information content (AvgIpc) is 2.94. The maximum absolute atomic E-state index is 12.4. The first-order valence-corrected chi connectivity index (χ1v) is 11.7. The lowest BCUT2D eigenvalue weighted by molar-refractivity contribution is 0.355. The third-order valence-corrected chi connectivity index (χ3v) is 8.06. The molecule has 1 heterocycles. The summed E-state index contributed by atoms with van der Waals surface area (Å²) in [5.74, 6) is 1.09. The number of hydrogen-bond acceptors (Lipinski definition) is 6. The Kier molecular flexibility index (Phi) is 5.37. The molecule has 0 amide bonds. The van der Waals surface area contributed by atoms with Gasteiger partial charge in [0.2, 0.25) is 0 Å². The first kappa shape index (κ1) is 21.2. The number of rotatable bonds is 6. The molecule has 10 heteroatoms. The molecule has 0 radical (unpaired) electrons. The fraction of sp³-hybridized carbons (Fsp3) is 0.263. The van der Waals surface area contributed by atoms with Gasteiger partial charge in [-0.2, -0.15) is 8.42 Å². The number of benzene rings is 2. The fourth-order valence-electron chi connectivity index (χ4n) is 3.27. The normalized spacial score (nSPS) is 12.3. The highest BCUT2D eigenvalue weighted by Crippen LogP contribution is 2.39. The summed E-state index contributed by atoms with van der Waals surface area (Å²) >= 11 is 0. The van der Waals surface area contributed by atoms with Crippen LogP contribution < -0.4 is 9.47 Å². The van der Waals surface area contributed by atoms with Gasteiger partial charge in [0, 0.05) is 30.3 Å². The predicted molar refractivity (Wildman–Crippen MR) is 110 cm³/mol. The average molecular weight is 440 g/mol. The van der Waals surface area contributed by atoms with Crippen molar-refractivity contribution >= 4 is 30.9 Å². The van der Waals surface area contributed by atoms with Crippen molar-refractivity contribution < 1.29 is 30.9 Å². The summed E-state index contributed by atoms with van der Waals surface area (Å²) in [6.45, 7) is 1.83. The Labute approximate surface area is 169 Å². The summed E-state index contributed by atoms with van der Waals surface area (Å²) in [5.41, 5.74) is 3.03. The molecule has 0 aliphatic heterocycles. The first-order chi connectivity index (χ1) is 13.5. The maximum Gasteiger partial charge on any atom is 0.279 e. The molecule has 0 atom stereocenters. The van der Waals surface area contributed by atoms with Crippen LogP contribution in [0.1, 0.15) is 5.56 Å². The molecule has 29 heavy (non-hydrogen) atoms. The second-order valence-corrected chi connectivity index (χ2v) is 10.5. The lowest BCUT2D eigenvalue weighted by atomic mass is 10.00. The third-order valence-electron chi connectivity index (χ3n) is 4.66. The quantitative estimate of drug-likeness (QED) is 0.588. The number of nitrogens with zero attached hydrogens (tertiary/aromatic N) is 1. The van der Waals surface area contributed by atoms with Crippen LogP contribution in [-0.2, 0) is 27.0 Å². The maximum atomic E-state index is 12.4. The monoisotopic (exact) mass is 439 g/mol. The molecule has 3 rings (SSSR count). The molecule has 1 aromatic heterocycles. The van der Waals surface area contributed by atoms with E-state index in [0.29, 0.717) is 17.1 Å². The van der Waals surface area contributed by atoms with Crippen molar-refractivity contribution in [2.45, 2.75) is 11.8 Å². The molecule has 3 aromatic rings. The number of aryl methyl sites for hydroxylation is 2. The van der Waals surface area contributed by atoms with E-state index in [2.05, 4.69) is 0 Å². The van der Waals surface area contributed by atoms with Crippen LogP contribution in [-0.4, -0.2) is 45.3 Å². The van der Waals surface area contributed by atoms with E-state index in [1.54, 1.807) is 13.2 Å². The minimum Gasteiger partial charge on any atom is -0.493 e. The molecule has 0 saturated heterocycles. The van der Waals surface area contributed by atoms with Gasteiger partial charge in [0.1, 0.15) is 0 Å². The second kappa shape index (κ2) is 7.36. The first-order valence-electron chi connectivity index (χ1n) is 8.47. The fourth-order valence-corrected chi connectivity index (χ4v) is 5.96. The molecular weight excluding hydrogens is 418 g/mol. The number of methoxy groups -OCH3 is 2. The van der Waals surface area contributed by atoms with Crippen molar-refractivity contribution in [1.82, 2.24) is 4.57 Å². The molecule has 0 spiro atoms. The van der Waals surface area contributed by atoms with Crippen LogP contribution in [0.25, 0.3) is 22.0 Å². The van der Waals surface area contributed by atoms with E-state index < -0.39 is 25.0 Å². The van der Waals surface area contributed by atoms with Gasteiger partial charge in [0.15, 0.2) is 26.4 Å². The minimum atomic E-state index is -4.69. The standard InChI is InChI=1S/C19H21NO7S2/c1-12-5-6-13(28(21,22)11-29(23,24)25)7-14(12)16-10-20(2)17-9-19(27-4)18(26-3)8-15(16)17/h5-10H,11H2,1-4H3,(H,23,24,25). The summed E-state index contributed by atoms with van der Waals surface area (Å²) in [6.07, 6.45) is 1.85. The van der Waals surface area contributed by atoms with E-state index in [-0.39, 0.29) is 4.90 Å². The van der Waals surface area contributed by atoms with E-state index in [0.717, 1.165) is 22.0 Å². The van der Waals surface area contributed by atoms with Crippen LogP contribution in [0, 0.1) is 6.92 Å². The Balaban J connectivity index is 2.25. The Morgan fingerprint density at radius 1 is 0.966 bits per heavy atom. The van der Waals surface area contributed by atoms with Crippen LogP contribution in [0.2, 0.25) is 0 Å². The molecule has 0 saturated carbocycles. The number of fused-ring (bicyclic) bond motifs is 1. The Morgan fingerprint density at radius 3 is 2.17 bits per heavy atom. The highest BCUT2D eigenvalue weighted by atomic mass is 32.3. The molecule has 8 nitrogen and oxygen atoms in total. The zero-order valence-electron chi connectivity index (χ0n) is 16.3. The molecule has 2 aromatic carbocycles.